The lowest BCUT2D eigenvalue weighted by Gasteiger charge is -2.25. The Hall–Kier alpha value is -2.21. The fourth-order valence-corrected chi connectivity index (χ4v) is 4.87. The van der Waals surface area contributed by atoms with Gasteiger partial charge in [0.15, 0.2) is 0 Å². The summed E-state index contributed by atoms with van der Waals surface area (Å²) in [6, 6.07) is 13.5. The monoisotopic (exact) mass is 459 g/mol. The molecule has 0 spiro atoms. The van der Waals surface area contributed by atoms with Gasteiger partial charge in [-0.15, -0.1) is 0 Å². The number of amides is 1. The second-order valence-electron chi connectivity index (χ2n) is 9.13. The van der Waals surface area contributed by atoms with Crippen LogP contribution < -0.4 is 5.32 Å². The Kier molecular flexibility index (Phi) is 9.88. The van der Waals surface area contributed by atoms with Crippen molar-refractivity contribution in [2.24, 2.45) is 0 Å². The number of ether oxygens (including phenoxy) is 1. The quantitative estimate of drug-likeness (QED) is 0.484. The predicted molar refractivity (Wildman–Crippen MR) is 132 cm³/mol. The molecule has 0 aliphatic rings. The Balaban J connectivity index is 2.15. The van der Waals surface area contributed by atoms with Crippen LogP contribution in [0.2, 0.25) is 0 Å². The van der Waals surface area contributed by atoms with Gasteiger partial charge in [-0.3, -0.25) is 9.00 Å². The number of hydrogen-bond acceptors (Lipinski definition) is 4. The third kappa shape index (κ3) is 8.05. The molecular weight excluding hydrogens is 422 g/mol. The van der Waals surface area contributed by atoms with Crippen molar-refractivity contribution in [3.63, 3.8) is 0 Å². The minimum absolute atomic E-state index is 0.106. The number of carbonyl (C=O) groups is 2. The molecule has 2 unspecified atom stereocenters. The van der Waals surface area contributed by atoms with E-state index in [1.165, 1.54) is 0 Å². The molecule has 2 aromatic carbocycles. The third-order valence-corrected chi connectivity index (χ3v) is 6.92. The second kappa shape index (κ2) is 12.1. The molecule has 0 aliphatic heterocycles. The molecule has 3 atom stereocenters. The largest absolute Gasteiger partial charge is 0.458 e. The first-order valence-corrected chi connectivity index (χ1v) is 12.9. The first-order chi connectivity index (χ1) is 15.1. The minimum Gasteiger partial charge on any atom is -0.458 e. The molecule has 0 heterocycles. The summed E-state index contributed by atoms with van der Waals surface area (Å²) in [5.41, 5.74) is 0.463. The summed E-state index contributed by atoms with van der Waals surface area (Å²) >= 11 is 0. The van der Waals surface area contributed by atoms with Crippen molar-refractivity contribution in [2.45, 2.75) is 83.6 Å². The molecule has 2 rings (SSSR count). The molecule has 5 nitrogen and oxygen atoms in total. The molecule has 6 heteroatoms. The Morgan fingerprint density at radius 2 is 1.75 bits per heavy atom. The molecular formula is C26H37NO4S. The lowest BCUT2D eigenvalue weighted by Crippen LogP contribution is -2.45. The second-order valence-corrected chi connectivity index (χ2v) is 11.1. The molecule has 0 radical (unpaired) electrons. The van der Waals surface area contributed by atoms with Crippen LogP contribution in [0.25, 0.3) is 10.8 Å². The van der Waals surface area contributed by atoms with E-state index in [1.807, 2.05) is 58.9 Å². The Bertz CT molecular complexity index is 930. The predicted octanol–water partition coefficient (Wildman–Crippen LogP) is 4.93. The van der Waals surface area contributed by atoms with Crippen molar-refractivity contribution in [1.82, 2.24) is 5.32 Å². The number of benzene rings is 2. The Morgan fingerprint density at radius 1 is 1.06 bits per heavy atom. The summed E-state index contributed by atoms with van der Waals surface area (Å²) in [5, 5.41) is 4.77. The summed E-state index contributed by atoms with van der Waals surface area (Å²) in [6.07, 6.45) is 2.90. The van der Waals surface area contributed by atoms with Crippen molar-refractivity contribution in [3.05, 3.63) is 48.0 Å². The number of nitrogens with one attached hydrogen (secondary N) is 1. The van der Waals surface area contributed by atoms with Gasteiger partial charge in [0.05, 0.1) is 0 Å². The van der Waals surface area contributed by atoms with Crippen LogP contribution in [-0.4, -0.2) is 38.7 Å². The van der Waals surface area contributed by atoms with Crippen LogP contribution in [-0.2, 0) is 31.5 Å². The highest BCUT2D eigenvalue weighted by atomic mass is 32.2. The summed E-state index contributed by atoms with van der Waals surface area (Å²) in [5.74, 6) is -0.195. The van der Waals surface area contributed by atoms with Crippen LogP contribution in [0.3, 0.4) is 0 Å². The van der Waals surface area contributed by atoms with E-state index >= 15 is 0 Å². The summed E-state index contributed by atoms with van der Waals surface area (Å²) in [4.78, 5) is 25.5. The molecule has 32 heavy (non-hydrogen) atoms. The zero-order valence-electron chi connectivity index (χ0n) is 20.0. The maximum Gasteiger partial charge on any atom is 0.329 e. The van der Waals surface area contributed by atoms with Crippen molar-refractivity contribution in [1.29, 1.82) is 0 Å². The fourth-order valence-electron chi connectivity index (χ4n) is 3.70. The summed E-state index contributed by atoms with van der Waals surface area (Å²) < 4.78 is 18.3. The van der Waals surface area contributed by atoms with Crippen LogP contribution in [0.5, 0.6) is 0 Å². The molecule has 0 bridgehead atoms. The van der Waals surface area contributed by atoms with E-state index < -0.39 is 28.4 Å². The average Bonchev–Trinajstić information content (AvgIpc) is 2.74. The SMILES string of the molecule is CCCC[C@H](NC(=O)CC(Cc1cccc2ccccc12)S(=O)CC)C(=O)OC(C)(C)C. The van der Waals surface area contributed by atoms with Gasteiger partial charge >= 0.3 is 5.97 Å². The minimum atomic E-state index is -1.15. The first kappa shape index (κ1) is 26.0. The smallest absolute Gasteiger partial charge is 0.329 e. The Morgan fingerprint density at radius 3 is 2.41 bits per heavy atom. The van der Waals surface area contributed by atoms with E-state index in [4.69, 9.17) is 4.74 Å². The normalized spacial score (nSPS) is 14.5. The van der Waals surface area contributed by atoms with Gasteiger partial charge in [-0.1, -0.05) is 69.2 Å². The van der Waals surface area contributed by atoms with Crippen molar-refractivity contribution < 1.29 is 18.5 Å². The van der Waals surface area contributed by atoms with Gasteiger partial charge in [0.25, 0.3) is 0 Å². The van der Waals surface area contributed by atoms with Crippen LogP contribution in [0.15, 0.2) is 42.5 Å². The van der Waals surface area contributed by atoms with E-state index in [0.29, 0.717) is 18.6 Å². The van der Waals surface area contributed by atoms with Crippen molar-refractivity contribution in [2.75, 3.05) is 5.75 Å². The molecule has 2 aromatic rings. The number of hydrogen-bond donors (Lipinski definition) is 1. The topological polar surface area (TPSA) is 72.5 Å². The van der Waals surface area contributed by atoms with Crippen LogP contribution in [0, 0.1) is 0 Å². The number of esters is 1. The van der Waals surface area contributed by atoms with Gasteiger partial charge in [0.2, 0.25) is 5.91 Å². The van der Waals surface area contributed by atoms with Gasteiger partial charge in [0.1, 0.15) is 11.6 Å². The molecule has 0 saturated heterocycles. The molecule has 176 valence electrons. The van der Waals surface area contributed by atoms with E-state index in [2.05, 4.69) is 23.5 Å². The van der Waals surface area contributed by atoms with Gasteiger partial charge in [0, 0.05) is 28.2 Å². The zero-order valence-corrected chi connectivity index (χ0v) is 20.8. The molecule has 1 N–H and O–H groups in total. The maximum atomic E-state index is 12.9. The standard InChI is InChI=1S/C26H37NO4S/c1-6-8-16-23(25(29)31-26(3,4)5)27-24(28)18-21(32(30)7-2)17-20-14-11-13-19-12-9-10-15-22(19)20/h9-15,21,23H,6-8,16-18H2,1-5H3,(H,27,28)/t21?,23-,32?/m0/s1. The molecule has 0 fully saturated rings. The first-order valence-electron chi connectivity index (χ1n) is 11.5. The zero-order chi connectivity index (χ0) is 23.7. The average molecular weight is 460 g/mol. The maximum absolute atomic E-state index is 12.9. The molecule has 0 saturated carbocycles. The fraction of sp³-hybridized carbons (Fsp3) is 0.538. The van der Waals surface area contributed by atoms with Crippen molar-refractivity contribution in [3.8, 4) is 0 Å². The third-order valence-electron chi connectivity index (χ3n) is 5.27. The van der Waals surface area contributed by atoms with Gasteiger partial charge in [-0.05, 0) is 49.9 Å². The van der Waals surface area contributed by atoms with Crippen molar-refractivity contribution >= 4 is 33.4 Å². The highest BCUT2D eigenvalue weighted by Gasteiger charge is 2.28. The lowest BCUT2D eigenvalue weighted by atomic mass is 9.99. The summed E-state index contributed by atoms with van der Waals surface area (Å²) in [7, 11) is -1.15. The van der Waals surface area contributed by atoms with Gasteiger partial charge in [-0.25, -0.2) is 4.79 Å². The van der Waals surface area contributed by atoms with Crippen LogP contribution in [0.1, 0.15) is 65.9 Å². The molecule has 0 aliphatic carbocycles. The number of unbranched alkanes of at least 4 members (excludes halogenated alkanes) is 1. The number of rotatable bonds is 11. The summed E-state index contributed by atoms with van der Waals surface area (Å²) in [6.45, 7) is 9.35. The van der Waals surface area contributed by atoms with Crippen LogP contribution in [0.4, 0.5) is 0 Å². The van der Waals surface area contributed by atoms with Crippen LogP contribution >= 0.6 is 0 Å². The highest BCUT2D eigenvalue weighted by Crippen LogP contribution is 2.22. The molecule has 0 aromatic heterocycles. The lowest BCUT2D eigenvalue weighted by molar-refractivity contribution is -0.158. The number of carbonyl (C=O) groups excluding carboxylic acids is 2. The number of fused-ring (bicyclic) bond motifs is 1. The van der Waals surface area contributed by atoms with E-state index in [0.717, 1.165) is 29.2 Å². The molecule has 1 amide bonds. The van der Waals surface area contributed by atoms with E-state index in [1.54, 1.807) is 0 Å². The van der Waals surface area contributed by atoms with E-state index in [-0.39, 0.29) is 17.6 Å². The van der Waals surface area contributed by atoms with E-state index in [9.17, 15) is 13.8 Å². The Labute approximate surface area is 194 Å². The van der Waals surface area contributed by atoms with Gasteiger partial charge in [-0.2, -0.15) is 0 Å². The van der Waals surface area contributed by atoms with Gasteiger partial charge < -0.3 is 10.1 Å². The highest BCUT2D eigenvalue weighted by molar-refractivity contribution is 7.85.